The smallest absolute Gasteiger partial charge is 0.272 e. The molecule has 4 rings (SSSR count). The van der Waals surface area contributed by atoms with Gasteiger partial charge < -0.3 is 9.64 Å². The summed E-state index contributed by atoms with van der Waals surface area (Å²) in [6.45, 7) is 6.50. The maximum Gasteiger partial charge on any atom is 0.272 e. The number of rotatable bonds is 2. The molecule has 156 valence electrons. The predicted molar refractivity (Wildman–Crippen MR) is 111 cm³/mol. The van der Waals surface area contributed by atoms with Crippen LogP contribution in [0.4, 0.5) is 5.69 Å². The number of amides is 1. The van der Waals surface area contributed by atoms with Crippen molar-refractivity contribution < 1.29 is 19.2 Å². The number of benzene rings is 2. The van der Waals surface area contributed by atoms with Gasteiger partial charge in [0.2, 0.25) is 0 Å². The van der Waals surface area contributed by atoms with Gasteiger partial charge in [0.25, 0.3) is 11.6 Å². The third-order valence-electron chi connectivity index (χ3n) is 6.12. The van der Waals surface area contributed by atoms with Crippen LogP contribution in [0.1, 0.15) is 56.7 Å². The highest BCUT2D eigenvalue weighted by Gasteiger charge is 2.44. The lowest BCUT2D eigenvalue weighted by Gasteiger charge is -2.44. The quantitative estimate of drug-likeness (QED) is 0.550. The summed E-state index contributed by atoms with van der Waals surface area (Å²) >= 11 is 0. The summed E-state index contributed by atoms with van der Waals surface area (Å²) in [5.74, 6) is 0.605. The van der Waals surface area contributed by atoms with E-state index in [9.17, 15) is 19.7 Å². The Bertz CT molecular complexity index is 1070. The summed E-state index contributed by atoms with van der Waals surface area (Å²) in [5.41, 5.74) is 2.97. The Morgan fingerprint density at radius 1 is 1.10 bits per heavy atom. The van der Waals surface area contributed by atoms with Gasteiger partial charge >= 0.3 is 0 Å². The Balaban J connectivity index is 1.50. The zero-order valence-corrected chi connectivity index (χ0v) is 17.4. The standard InChI is InChI=1S/C23H24N2O5/c1-14-10-16(3)21-18(11-14)20(26)13-23(30-21)6-8-24(9-7-23)22(27)17-4-5-19(25(28)29)15(2)12-17/h4-5,10-12H,6-9,13H2,1-3H3. The number of nitro benzene ring substituents is 1. The molecule has 0 aromatic heterocycles. The molecule has 0 radical (unpaired) electrons. The van der Waals surface area contributed by atoms with E-state index in [2.05, 4.69) is 0 Å². The van der Waals surface area contributed by atoms with E-state index in [0.717, 1.165) is 11.1 Å². The number of piperidine rings is 1. The number of hydrogen-bond donors (Lipinski definition) is 0. The molecule has 30 heavy (non-hydrogen) atoms. The summed E-state index contributed by atoms with van der Waals surface area (Å²) < 4.78 is 6.38. The third kappa shape index (κ3) is 3.44. The number of aryl methyl sites for hydroxylation is 3. The summed E-state index contributed by atoms with van der Waals surface area (Å²) in [4.78, 5) is 38.0. The summed E-state index contributed by atoms with van der Waals surface area (Å²) in [5, 5.41) is 11.0. The fraction of sp³-hybridized carbons (Fsp3) is 0.391. The number of hydrogen-bond acceptors (Lipinski definition) is 5. The molecule has 0 atom stereocenters. The molecule has 1 fully saturated rings. The van der Waals surface area contributed by atoms with Gasteiger partial charge in [0, 0.05) is 43.1 Å². The van der Waals surface area contributed by atoms with E-state index in [4.69, 9.17) is 4.74 Å². The first-order chi connectivity index (χ1) is 14.2. The molecule has 0 bridgehead atoms. The van der Waals surface area contributed by atoms with Gasteiger partial charge in [0.05, 0.1) is 16.9 Å². The van der Waals surface area contributed by atoms with Crippen molar-refractivity contribution in [3.8, 4) is 5.75 Å². The number of carbonyl (C=O) groups excluding carboxylic acids is 2. The molecule has 0 saturated carbocycles. The highest BCUT2D eigenvalue weighted by molar-refractivity contribution is 6.01. The van der Waals surface area contributed by atoms with Crippen molar-refractivity contribution in [2.45, 2.75) is 45.6 Å². The third-order valence-corrected chi connectivity index (χ3v) is 6.12. The summed E-state index contributed by atoms with van der Waals surface area (Å²) in [6, 6.07) is 8.33. The largest absolute Gasteiger partial charge is 0.486 e. The number of ether oxygens (including phenoxy) is 1. The monoisotopic (exact) mass is 408 g/mol. The number of ketones is 1. The van der Waals surface area contributed by atoms with E-state index in [1.807, 2.05) is 26.0 Å². The van der Waals surface area contributed by atoms with E-state index in [0.29, 0.717) is 54.8 Å². The van der Waals surface area contributed by atoms with Crippen LogP contribution in [-0.4, -0.2) is 40.2 Å². The van der Waals surface area contributed by atoms with E-state index < -0.39 is 10.5 Å². The fourth-order valence-corrected chi connectivity index (χ4v) is 4.51. The Morgan fingerprint density at radius 3 is 2.43 bits per heavy atom. The van der Waals surface area contributed by atoms with Crippen molar-refractivity contribution in [2.75, 3.05) is 13.1 Å². The molecule has 1 spiro atoms. The van der Waals surface area contributed by atoms with Gasteiger partial charge in [-0.2, -0.15) is 0 Å². The van der Waals surface area contributed by atoms with Crippen LogP contribution >= 0.6 is 0 Å². The molecule has 2 aliphatic rings. The Morgan fingerprint density at radius 2 is 1.80 bits per heavy atom. The average Bonchev–Trinajstić information content (AvgIpc) is 2.69. The van der Waals surface area contributed by atoms with E-state index in [-0.39, 0.29) is 17.4 Å². The lowest BCUT2D eigenvalue weighted by Crippen LogP contribution is -2.52. The number of likely N-dealkylation sites (tertiary alicyclic amines) is 1. The summed E-state index contributed by atoms with van der Waals surface area (Å²) in [7, 11) is 0. The second kappa shape index (κ2) is 7.23. The minimum Gasteiger partial charge on any atom is -0.486 e. The van der Waals surface area contributed by atoms with Gasteiger partial charge in [-0.1, -0.05) is 6.07 Å². The first-order valence-electron chi connectivity index (χ1n) is 10.1. The molecular formula is C23H24N2O5. The molecule has 2 aromatic rings. The molecule has 2 heterocycles. The van der Waals surface area contributed by atoms with Crippen LogP contribution in [-0.2, 0) is 0 Å². The topological polar surface area (TPSA) is 89.8 Å². The molecule has 1 amide bonds. The predicted octanol–water partition coefficient (Wildman–Crippen LogP) is 4.16. The van der Waals surface area contributed by atoms with Gasteiger partial charge in [-0.05, 0) is 50.1 Å². The number of nitro groups is 1. The van der Waals surface area contributed by atoms with Crippen LogP contribution in [0.5, 0.6) is 5.75 Å². The fourth-order valence-electron chi connectivity index (χ4n) is 4.51. The molecule has 0 unspecified atom stereocenters. The van der Waals surface area contributed by atoms with Crippen molar-refractivity contribution in [3.05, 3.63) is 68.3 Å². The van der Waals surface area contributed by atoms with Crippen LogP contribution in [0, 0.1) is 30.9 Å². The second-order valence-electron chi connectivity index (χ2n) is 8.39. The maximum atomic E-state index is 12.9. The highest BCUT2D eigenvalue weighted by atomic mass is 16.6. The molecule has 2 aliphatic heterocycles. The van der Waals surface area contributed by atoms with Crippen LogP contribution in [0.3, 0.4) is 0 Å². The first kappa shape index (κ1) is 20.1. The minimum absolute atomic E-state index is 0.00235. The Kier molecular flexibility index (Phi) is 4.84. The van der Waals surface area contributed by atoms with Crippen LogP contribution < -0.4 is 4.74 Å². The zero-order chi connectivity index (χ0) is 21.6. The lowest BCUT2D eigenvalue weighted by molar-refractivity contribution is -0.385. The Hall–Kier alpha value is -3.22. The number of carbonyl (C=O) groups is 2. The van der Waals surface area contributed by atoms with E-state index in [1.165, 1.54) is 12.1 Å². The normalized spacial score (nSPS) is 17.4. The molecule has 7 heteroatoms. The van der Waals surface area contributed by atoms with Gasteiger partial charge in [-0.15, -0.1) is 0 Å². The van der Waals surface area contributed by atoms with Gasteiger partial charge in [0.15, 0.2) is 5.78 Å². The van der Waals surface area contributed by atoms with Crippen molar-refractivity contribution >= 4 is 17.4 Å². The lowest BCUT2D eigenvalue weighted by atomic mass is 9.81. The molecule has 0 N–H and O–H groups in total. The van der Waals surface area contributed by atoms with Crippen molar-refractivity contribution in [1.82, 2.24) is 4.90 Å². The molecule has 2 aromatic carbocycles. The van der Waals surface area contributed by atoms with Crippen molar-refractivity contribution in [3.63, 3.8) is 0 Å². The average molecular weight is 408 g/mol. The maximum absolute atomic E-state index is 12.9. The van der Waals surface area contributed by atoms with E-state index in [1.54, 1.807) is 17.9 Å². The zero-order valence-electron chi connectivity index (χ0n) is 17.4. The molecule has 1 saturated heterocycles. The van der Waals surface area contributed by atoms with Gasteiger partial charge in [0.1, 0.15) is 11.4 Å². The SMILES string of the molecule is Cc1cc(C)c2c(c1)C(=O)CC1(CCN(C(=O)c3ccc([N+](=O)[O-])c(C)c3)CC1)O2. The van der Waals surface area contributed by atoms with Gasteiger partial charge in [-0.25, -0.2) is 0 Å². The number of fused-ring (bicyclic) bond motifs is 1. The van der Waals surface area contributed by atoms with Crippen molar-refractivity contribution in [1.29, 1.82) is 0 Å². The molecule has 7 nitrogen and oxygen atoms in total. The highest BCUT2D eigenvalue weighted by Crippen LogP contribution is 2.41. The summed E-state index contributed by atoms with van der Waals surface area (Å²) in [6.07, 6.45) is 1.47. The minimum atomic E-state index is -0.577. The first-order valence-corrected chi connectivity index (χ1v) is 10.1. The van der Waals surface area contributed by atoms with Gasteiger partial charge in [-0.3, -0.25) is 19.7 Å². The molecule has 0 aliphatic carbocycles. The number of Topliss-reactive ketones (excluding diaryl/α,β-unsaturated/α-hetero) is 1. The molecular weight excluding hydrogens is 384 g/mol. The second-order valence-corrected chi connectivity index (χ2v) is 8.39. The van der Waals surface area contributed by atoms with Crippen LogP contribution in [0.15, 0.2) is 30.3 Å². The van der Waals surface area contributed by atoms with Crippen LogP contribution in [0.25, 0.3) is 0 Å². The van der Waals surface area contributed by atoms with Crippen LogP contribution in [0.2, 0.25) is 0 Å². The van der Waals surface area contributed by atoms with Crippen molar-refractivity contribution in [2.24, 2.45) is 0 Å². The Labute approximate surface area is 174 Å². The number of nitrogens with zero attached hydrogens (tertiary/aromatic N) is 2. The van der Waals surface area contributed by atoms with E-state index >= 15 is 0 Å².